The molecular weight excluding hydrogens is 342 g/mol. The minimum atomic E-state index is -0.471. The van der Waals surface area contributed by atoms with Crippen molar-refractivity contribution in [1.82, 2.24) is 14.7 Å². The predicted molar refractivity (Wildman–Crippen MR) is 107 cm³/mol. The van der Waals surface area contributed by atoms with Gasteiger partial charge in [0.05, 0.1) is 23.6 Å². The molecule has 0 atom stereocenters. The van der Waals surface area contributed by atoms with E-state index < -0.39 is 5.60 Å². The second-order valence-corrected chi connectivity index (χ2v) is 7.86. The van der Waals surface area contributed by atoms with E-state index in [2.05, 4.69) is 23.4 Å². The number of carbonyl (C=O) groups is 1. The zero-order chi connectivity index (χ0) is 19.6. The Labute approximate surface area is 160 Å². The summed E-state index contributed by atoms with van der Waals surface area (Å²) in [5, 5.41) is 5.74. The number of ether oxygens (including phenoxy) is 2. The van der Waals surface area contributed by atoms with Crippen molar-refractivity contribution < 1.29 is 14.3 Å². The summed E-state index contributed by atoms with van der Waals surface area (Å²) in [4.78, 5) is 14.1. The zero-order valence-corrected chi connectivity index (χ0v) is 16.7. The summed E-state index contributed by atoms with van der Waals surface area (Å²) in [5.74, 6) is 0.658. The molecule has 1 saturated heterocycles. The van der Waals surface area contributed by atoms with Crippen LogP contribution < -0.4 is 4.74 Å². The first kappa shape index (κ1) is 19.3. The Kier molecular flexibility index (Phi) is 5.44. The highest BCUT2D eigenvalue weighted by Crippen LogP contribution is 2.32. The van der Waals surface area contributed by atoms with Gasteiger partial charge in [0.15, 0.2) is 0 Å². The van der Waals surface area contributed by atoms with E-state index in [1.54, 1.807) is 4.90 Å². The average Bonchev–Trinajstić information content (AvgIpc) is 2.98. The highest BCUT2D eigenvalue weighted by molar-refractivity contribution is 5.87. The van der Waals surface area contributed by atoms with Crippen LogP contribution in [0.5, 0.6) is 5.88 Å². The topological polar surface area (TPSA) is 56.6 Å². The first-order valence-corrected chi connectivity index (χ1v) is 9.58. The number of benzene rings is 1. The van der Waals surface area contributed by atoms with E-state index in [1.807, 2.05) is 39.8 Å². The fourth-order valence-electron chi connectivity index (χ4n) is 3.40. The summed E-state index contributed by atoms with van der Waals surface area (Å²) in [6.45, 7) is 13.4. The standard InChI is InChI=1S/C21H29N3O3/c1-6-15-8-9-18-17(14-15)19(26-7-2)22-24(18)16-10-12-23(13-11-16)20(25)27-21(3,4)5/h6,8-9,14,16H,1,7,10-13H2,2-5H3. The van der Waals surface area contributed by atoms with E-state index in [0.717, 1.165) is 29.3 Å². The lowest BCUT2D eigenvalue weighted by molar-refractivity contribution is 0.0185. The highest BCUT2D eigenvalue weighted by Gasteiger charge is 2.29. The van der Waals surface area contributed by atoms with Crippen LogP contribution in [-0.2, 0) is 4.74 Å². The predicted octanol–water partition coefficient (Wildman–Crippen LogP) is 4.65. The van der Waals surface area contributed by atoms with Crippen LogP contribution >= 0.6 is 0 Å². The van der Waals surface area contributed by atoms with Gasteiger partial charge in [0.25, 0.3) is 0 Å². The van der Waals surface area contributed by atoms with Crippen LogP contribution in [0.2, 0.25) is 0 Å². The van der Waals surface area contributed by atoms with E-state index in [-0.39, 0.29) is 12.1 Å². The van der Waals surface area contributed by atoms with Gasteiger partial charge in [-0.25, -0.2) is 4.79 Å². The normalized spacial score (nSPS) is 15.8. The van der Waals surface area contributed by atoms with Crippen molar-refractivity contribution in [3.05, 3.63) is 30.3 Å². The van der Waals surface area contributed by atoms with Gasteiger partial charge < -0.3 is 14.4 Å². The van der Waals surface area contributed by atoms with Crippen LogP contribution in [0.3, 0.4) is 0 Å². The summed E-state index contributed by atoms with van der Waals surface area (Å²) < 4.78 is 13.3. The molecule has 0 bridgehead atoms. The molecule has 1 amide bonds. The van der Waals surface area contributed by atoms with Crippen LogP contribution in [0.4, 0.5) is 4.79 Å². The van der Waals surface area contributed by atoms with Crippen molar-refractivity contribution in [2.24, 2.45) is 0 Å². The number of fused-ring (bicyclic) bond motifs is 1. The summed E-state index contributed by atoms with van der Waals surface area (Å²) in [7, 11) is 0. The Morgan fingerprint density at radius 3 is 2.63 bits per heavy atom. The van der Waals surface area contributed by atoms with Crippen LogP contribution in [0, 0.1) is 0 Å². The van der Waals surface area contributed by atoms with Gasteiger partial charge >= 0.3 is 6.09 Å². The van der Waals surface area contributed by atoms with Crippen LogP contribution in [0.1, 0.15) is 52.1 Å². The quantitative estimate of drug-likeness (QED) is 0.785. The molecule has 0 N–H and O–H groups in total. The van der Waals surface area contributed by atoms with Crippen LogP contribution in [0.25, 0.3) is 17.0 Å². The molecule has 0 unspecified atom stereocenters. The van der Waals surface area contributed by atoms with Crippen LogP contribution in [-0.4, -0.2) is 46.1 Å². The molecule has 1 aliphatic heterocycles. The molecule has 2 heterocycles. The lowest BCUT2D eigenvalue weighted by Crippen LogP contribution is -2.42. The number of amides is 1. The lowest BCUT2D eigenvalue weighted by Gasteiger charge is -2.33. The van der Waals surface area contributed by atoms with Gasteiger partial charge in [0.1, 0.15) is 5.60 Å². The molecule has 0 saturated carbocycles. The first-order valence-electron chi connectivity index (χ1n) is 9.58. The fourth-order valence-corrected chi connectivity index (χ4v) is 3.40. The first-order chi connectivity index (χ1) is 12.8. The van der Waals surface area contributed by atoms with Gasteiger partial charge in [-0.2, -0.15) is 0 Å². The molecule has 2 aromatic rings. The summed E-state index contributed by atoms with van der Waals surface area (Å²) in [6.07, 6.45) is 3.26. The van der Waals surface area contributed by atoms with Crippen LogP contribution in [0.15, 0.2) is 24.8 Å². The third-order valence-corrected chi connectivity index (χ3v) is 4.68. The largest absolute Gasteiger partial charge is 0.476 e. The minimum absolute atomic E-state index is 0.231. The summed E-state index contributed by atoms with van der Waals surface area (Å²) in [5.41, 5.74) is 1.63. The summed E-state index contributed by atoms with van der Waals surface area (Å²) in [6, 6.07) is 6.41. The van der Waals surface area contributed by atoms with Gasteiger partial charge in [-0.05, 0) is 58.2 Å². The SMILES string of the molecule is C=Cc1ccc2c(c1)c(OCC)nn2C1CCN(C(=O)OC(C)(C)C)CC1. The van der Waals surface area contributed by atoms with Gasteiger partial charge in [-0.3, -0.25) is 4.68 Å². The number of hydrogen-bond donors (Lipinski definition) is 0. The van der Waals surface area contributed by atoms with Crippen molar-refractivity contribution in [2.75, 3.05) is 19.7 Å². The fraction of sp³-hybridized carbons (Fsp3) is 0.524. The smallest absolute Gasteiger partial charge is 0.410 e. The minimum Gasteiger partial charge on any atom is -0.476 e. The maximum absolute atomic E-state index is 12.3. The molecule has 1 aromatic carbocycles. The van der Waals surface area contributed by atoms with Crippen molar-refractivity contribution in [1.29, 1.82) is 0 Å². The Morgan fingerprint density at radius 2 is 2.04 bits per heavy atom. The molecule has 0 aliphatic carbocycles. The van der Waals surface area contributed by atoms with E-state index in [9.17, 15) is 4.79 Å². The lowest BCUT2D eigenvalue weighted by atomic mass is 10.0. The van der Waals surface area contributed by atoms with E-state index >= 15 is 0 Å². The third kappa shape index (κ3) is 4.26. The number of nitrogens with zero attached hydrogens (tertiary/aromatic N) is 3. The Bertz CT molecular complexity index is 827. The zero-order valence-electron chi connectivity index (χ0n) is 16.7. The molecule has 0 radical (unpaired) electrons. The number of piperidine rings is 1. The molecule has 27 heavy (non-hydrogen) atoms. The number of likely N-dealkylation sites (tertiary alicyclic amines) is 1. The summed E-state index contributed by atoms with van der Waals surface area (Å²) >= 11 is 0. The van der Waals surface area contributed by atoms with Gasteiger partial charge in [-0.15, -0.1) is 5.10 Å². The van der Waals surface area contributed by atoms with Gasteiger partial charge in [0.2, 0.25) is 5.88 Å². The molecule has 6 nitrogen and oxygen atoms in total. The van der Waals surface area contributed by atoms with Gasteiger partial charge in [0, 0.05) is 13.1 Å². The molecule has 1 fully saturated rings. The maximum atomic E-state index is 12.3. The molecule has 146 valence electrons. The molecule has 6 heteroatoms. The Balaban J connectivity index is 1.79. The number of hydrogen-bond acceptors (Lipinski definition) is 4. The van der Waals surface area contributed by atoms with E-state index in [0.29, 0.717) is 25.6 Å². The molecular formula is C21H29N3O3. The second kappa shape index (κ2) is 7.62. The molecule has 0 spiro atoms. The third-order valence-electron chi connectivity index (χ3n) is 4.68. The van der Waals surface area contributed by atoms with Crippen molar-refractivity contribution >= 4 is 23.1 Å². The van der Waals surface area contributed by atoms with Crippen molar-refractivity contribution in [3.63, 3.8) is 0 Å². The number of carbonyl (C=O) groups excluding carboxylic acids is 1. The monoisotopic (exact) mass is 371 g/mol. The second-order valence-electron chi connectivity index (χ2n) is 7.86. The number of rotatable bonds is 4. The molecule has 1 aliphatic rings. The average molecular weight is 371 g/mol. The van der Waals surface area contributed by atoms with E-state index in [4.69, 9.17) is 14.6 Å². The molecule has 3 rings (SSSR count). The Hall–Kier alpha value is -2.50. The number of aromatic nitrogens is 2. The van der Waals surface area contributed by atoms with Crippen molar-refractivity contribution in [3.8, 4) is 5.88 Å². The highest BCUT2D eigenvalue weighted by atomic mass is 16.6. The van der Waals surface area contributed by atoms with Crippen molar-refractivity contribution in [2.45, 2.75) is 52.2 Å². The maximum Gasteiger partial charge on any atom is 0.410 e. The molecule has 1 aromatic heterocycles. The van der Waals surface area contributed by atoms with Gasteiger partial charge in [-0.1, -0.05) is 18.7 Å². The Morgan fingerprint density at radius 1 is 1.33 bits per heavy atom. The van der Waals surface area contributed by atoms with E-state index in [1.165, 1.54) is 0 Å².